The number of rotatable bonds is 3. The maximum absolute atomic E-state index is 12.3. The average Bonchev–Trinajstić information content (AvgIpc) is 3.02. The summed E-state index contributed by atoms with van der Waals surface area (Å²) in [5.74, 6) is 0.813. The molecular formula is C16H15ClIN3O. The lowest BCUT2D eigenvalue weighted by Crippen LogP contribution is -2.19. The fourth-order valence-electron chi connectivity index (χ4n) is 2.47. The molecule has 0 aliphatic carbocycles. The van der Waals surface area contributed by atoms with Gasteiger partial charge in [-0.2, -0.15) is 0 Å². The maximum Gasteiger partial charge on any atom is 0.256 e. The highest BCUT2D eigenvalue weighted by Crippen LogP contribution is 2.21. The van der Waals surface area contributed by atoms with Gasteiger partial charge in [-0.1, -0.05) is 11.6 Å². The Bertz CT molecular complexity index is 684. The van der Waals surface area contributed by atoms with Gasteiger partial charge in [0.25, 0.3) is 5.91 Å². The highest BCUT2D eigenvalue weighted by Gasteiger charge is 2.14. The monoisotopic (exact) mass is 427 g/mol. The molecule has 2 heterocycles. The number of nitrogens with zero attached hydrogens (tertiary/aromatic N) is 2. The number of carbonyl (C=O) groups is 1. The first-order valence-electron chi connectivity index (χ1n) is 7.11. The lowest BCUT2D eigenvalue weighted by Gasteiger charge is -2.16. The molecule has 0 bridgehead atoms. The number of anilines is 2. The number of hydrogen-bond donors (Lipinski definition) is 1. The molecule has 0 spiro atoms. The maximum atomic E-state index is 12.3. The van der Waals surface area contributed by atoms with Crippen LogP contribution in [0.15, 0.2) is 36.5 Å². The van der Waals surface area contributed by atoms with Crippen LogP contribution in [0.3, 0.4) is 0 Å². The fraction of sp³-hybridized carbons (Fsp3) is 0.250. The van der Waals surface area contributed by atoms with Crippen molar-refractivity contribution >= 4 is 51.6 Å². The number of hydrogen-bond acceptors (Lipinski definition) is 3. The van der Waals surface area contributed by atoms with Crippen molar-refractivity contribution in [2.24, 2.45) is 0 Å². The van der Waals surface area contributed by atoms with Crippen molar-refractivity contribution in [2.45, 2.75) is 12.8 Å². The average molecular weight is 428 g/mol. The third kappa shape index (κ3) is 3.52. The van der Waals surface area contributed by atoms with E-state index >= 15 is 0 Å². The van der Waals surface area contributed by atoms with E-state index in [4.69, 9.17) is 11.6 Å². The molecular weight excluding hydrogens is 413 g/mol. The Morgan fingerprint density at radius 3 is 2.64 bits per heavy atom. The highest BCUT2D eigenvalue weighted by atomic mass is 127. The Balaban J connectivity index is 1.71. The van der Waals surface area contributed by atoms with Crippen LogP contribution in [0, 0.1) is 3.57 Å². The Morgan fingerprint density at radius 1 is 1.23 bits per heavy atom. The second-order valence-corrected chi connectivity index (χ2v) is 6.78. The molecule has 1 saturated heterocycles. The molecule has 114 valence electrons. The van der Waals surface area contributed by atoms with E-state index in [1.54, 1.807) is 24.4 Å². The second kappa shape index (κ2) is 6.83. The van der Waals surface area contributed by atoms with Crippen LogP contribution in [0.4, 0.5) is 11.5 Å². The van der Waals surface area contributed by atoms with Crippen LogP contribution in [0.5, 0.6) is 0 Å². The molecule has 1 amide bonds. The summed E-state index contributed by atoms with van der Waals surface area (Å²) >= 11 is 8.02. The second-order valence-electron chi connectivity index (χ2n) is 5.18. The van der Waals surface area contributed by atoms with Crippen LogP contribution < -0.4 is 10.2 Å². The van der Waals surface area contributed by atoms with E-state index in [-0.39, 0.29) is 5.91 Å². The van der Waals surface area contributed by atoms with Gasteiger partial charge in [-0.15, -0.1) is 0 Å². The summed E-state index contributed by atoms with van der Waals surface area (Å²) in [6.07, 6.45) is 4.14. The number of benzene rings is 1. The van der Waals surface area contributed by atoms with Crippen molar-refractivity contribution in [3.05, 3.63) is 50.7 Å². The Hall–Kier alpha value is -1.34. The summed E-state index contributed by atoms with van der Waals surface area (Å²) in [6.45, 7) is 2.11. The largest absolute Gasteiger partial charge is 0.357 e. The van der Waals surface area contributed by atoms with Gasteiger partial charge in [0.15, 0.2) is 0 Å². The molecule has 22 heavy (non-hydrogen) atoms. The summed E-state index contributed by atoms with van der Waals surface area (Å²) < 4.78 is 0.823. The lowest BCUT2D eigenvalue weighted by molar-refractivity contribution is 0.102. The van der Waals surface area contributed by atoms with E-state index < -0.39 is 0 Å². The van der Waals surface area contributed by atoms with Gasteiger partial charge in [-0.25, -0.2) is 4.98 Å². The summed E-state index contributed by atoms with van der Waals surface area (Å²) in [5, 5.41) is 3.49. The zero-order valence-corrected chi connectivity index (χ0v) is 14.8. The predicted octanol–water partition coefficient (Wildman–Crippen LogP) is 4.19. The standard InChI is InChI=1S/C16H15ClIN3O/c17-11-3-5-13(14(18)9-11)16(22)20-12-4-6-15(19-10-12)21-7-1-2-8-21/h3-6,9-10H,1-2,7-8H2,(H,20,22). The molecule has 3 rings (SSSR count). The minimum atomic E-state index is -0.156. The number of halogens is 2. The van der Waals surface area contributed by atoms with Crippen molar-refractivity contribution in [3.63, 3.8) is 0 Å². The number of amides is 1. The number of nitrogens with one attached hydrogen (secondary N) is 1. The zero-order valence-electron chi connectivity index (χ0n) is 11.9. The molecule has 0 atom stereocenters. The first kappa shape index (κ1) is 15.6. The van der Waals surface area contributed by atoms with Crippen LogP contribution >= 0.6 is 34.2 Å². The predicted molar refractivity (Wildman–Crippen MR) is 97.8 cm³/mol. The fourth-order valence-corrected chi connectivity index (χ4v) is 3.58. The van der Waals surface area contributed by atoms with E-state index in [9.17, 15) is 4.79 Å². The minimum Gasteiger partial charge on any atom is -0.357 e. The molecule has 2 aromatic rings. The lowest BCUT2D eigenvalue weighted by atomic mass is 10.2. The molecule has 1 aliphatic rings. The van der Waals surface area contributed by atoms with Gasteiger partial charge in [0, 0.05) is 21.7 Å². The molecule has 6 heteroatoms. The van der Waals surface area contributed by atoms with Crippen molar-refractivity contribution in [1.29, 1.82) is 0 Å². The zero-order chi connectivity index (χ0) is 15.5. The van der Waals surface area contributed by atoms with Crippen LogP contribution in [-0.4, -0.2) is 24.0 Å². The van der Waals surface area contributed by atoms with Crippen LogP contribution in [0.2, 0.25) is 5.02 Å². The minimum absolute atomic E-state index is 0.156. The summed E-state index contributed by atoms with van der Waals surface area (Å²) in [4.78, 5) is 19.0. The van der Waals surface area contributed by atoms with Gasteiger partial charge < -0.3 is 10.2 Å². The highest BCUT2D eigenvalue weighted by molar-refractivity contribution is 14.1. The van der Waals surface area contributed by atoms with E-state index in [0.29, 0.717) is 16.3 Å². The molecule has 1 aromatic heterocycles. The SMILES string of the molecule is O=C(Nc1ccc(N2CCCC2)nc1)c1ccc(Cl)cc1I. The quantitative estimate of drug-likeness (QED) is 0.747. The van der Waals surface area contributed by atoms with E-state index in [2.05, 4.69) is 37.8 Å². The topological polar surface area (TPSA) is 45.2 Å². The van der Waals surface area contributed by atoms with E-state index in [1.807, 2.05) is 12.1 Å². The van der Waals surface area contributed by atoms with Gasteiger partial charge in [0.05, 0.1) is 17.4 Å². The molecule has 0 saturated carbocycles. The van der Waals surface area contributed by atoms with Gasteiger partial charge in [0.2, 0.25) is 0 Å². The van der Waals surface area contributed by atoms with Crippen molar-refractivity contribution in [2.75, 3.05) is 23.3 Å². The van der Waals surface area contributed by atoms with Crippen LogP contribution in [0.25, 0.3) is 0 Å². The van der Waals surface area contributed by atoms with Gasteiger partial charge in [0.1, 0.15) is 5.82 Å². The molecule has 0 radical (unpaired) electrons. The summed E-state index contributed by atoms with van der Waals surface area (Å²) in [5.41, 5.74) is 1.30. The van der Waals surface area contributed by atoms with Gasteiger partial charge >= 0.3 is 0 Å². The third-order valence-electron chi connectivity index (χ3n) is 3.61. The molecule has 0 unspecified atom stereocenters. The molecule has 1 N–H and O–H groups in total. The number of pyridine rings is 1. The Morgan fingerprint density at radius 2 is 2.00 bits per heavy atom. The van der Waals surface area contributed by atoms with Gasteiger partial charge in [-0.05, 0) is 65.8 Å². The normalized spacial score (nSPS) is 14.2. The number of carbonyl (C=O) groups excluding carboxylic acids is 1. The molecule has 1 aliphatic heterocycles. The smallest absolute Gasteiger partial charge is 0.256 e. The van der Waals surface area contributed by atoms with Crippen molar-refractivity contribution in [3.8, 4) is 0 Å². The Labute approximate surface area is 148 Å². The molecule has 4 nitrogen and oxygen atoms in total. The van der Waals surface area contributed by atoms with E-state index in [1.165, 1.54) is 12.8 Å². The third-order valence-corrected chi connectivity index (χ3v) is 4.74. The first-order valence-corrected chi connectivity index (χ1v) is 8.56. The molecule has 1 aromatic carbocycles. The summed E-state index contributed by atoms with van der Waals surface area (Å²) in [7, 11) is 0. The molecule has 1 fully saturated rings. The summed E-state index contributed by atoms with van der Waals surface area (Å²) in [6, 6.07) is 9.06. The van der Waals surface area contributed by atoms with E-state index in [0.717, 1.165) is 22.5 Å². The van der Waals surface area contributed by atoms with Crippen LogP contribution in [-0.2, 0) is 0 Å². The van der Waals surface area contributed by atoms with Gasteiger partial charge in [-0.3, -0.25) is 4.79 Å². The number of aromatic nitrogens is 1. The Kier molecular flexibility index (Phi) is 4.83. The van der Waals surface area contributed by atoms with Crippen molar-refractivity contribution in [1.82, 2.24) is 4.98 Å². The first-order chi connectivity index (χ1) is 10.6. The van der Waals surface area contributed by atoms with Crippen LogP contribution in [0.1, 0.15) is 23.2 Å². The van der Waals surface area contributed by atoms with Crippen molar-refractivity contribution < 1.29 is 4.79 Å².